The number of benzene rings is 1. The highest BCUT2D eigenvalue weighted by molar-refractivity contribution is 5.93. The molecule has 0 aliphatic rings. The molecule has 0 bridgehead atoms. The van der Waals surface area contributed by atoms with Crippen molar-refractivity contribution < 1.29 is 4.74 Å². The normalized spacial score (nSPS) is 11.3. The van der Waals surface area contributed by atoms with E-state index in [0.717, 1.165) is 27.7 Å². The molecule has 4 N–H and O–H groups in total. The Labute approximate surface area is 119 Å². The number of fused-ring (bicyclic) bond motifs is 2. The van der Waals surface area contributed by atoms with Crippen LogP contribution in [0.4, 0.5) is 5.95 Å². The first-order valence-corrected chi connectivity index (χ1v) is 6.39. The van der Waals surface area contributed by atoms with Crippen molar-refractivity contribution in [3.05, 3.63) is 30.6 Å². The number of methoxy groups -OCH3 is 1. The Balaban J connectivity index is 1.98. The van der Waals surface area contributed by atoms with E-state index in [1.807, 2.05) is 24.4 Å². The lowest BCUT2D eigenvalue weighted by atomic mass is 10.1. The van der Waals surface area contributed by atoms with Gasteiger partial charge in [-0.1, -0.05) is 0 Å². The number of H-pyrrole nitrogens is 2. The zero-order valence-corrected chi connectivity index (χ0v) is 11.2. The number of rotatable bonds is 2. The van der Waals surface area contributed by atoms with Gasteiger partial charge in [-0.3, -0.25) is 0 Å². The Bertz CT molecular complexity index is 955. The fourth-order valence-electron chi connectivity index (χ4n) is 2.46. The first-order chi connectivity index (χ1) is 10.3. The lowest BCUT2D eigenvalue weighted by Crippen LogP contribution is -1.93. The van der Waals surface area contributed by atoms with Crippen molar-refractivity contribution in [3.8, 4) is 17.1 Å². The van der Waals surface area contributed by atoms with Crippen LogP contribution in [-0.2, 0) is 0 Å². The maximum absolute atomic E-state index is 5.58. The van der Waals surface area contributed by atoms with E-state index in [9.17, 15) is 0 Å². The van der Waals surface area contributed by atoms with Crippen LogP contribution in [0.25, 0.3) is 33.5 Å². The van der Waals surface area contributed by atoms with Gasteiger partial charge in [0.15, 0.2) is 5.65 Å². The third kappa shape index (κ3) is 1.71. The average Bonchev–Trinajstić information content (AvgIpc) is 3.11. The molecule has 0 spiro atoms. The monoisotopic (exact) mass is 280 g/mol. The lowest BCUT2D eigenvalue weighted by molar-refractivity contribution is 0.421. The molecule has 21 heavy (non-hydrogen) atoms. The number of hydrogen-bond acceptors (Lipinski definition) is 5. The number of nitrogens with two attached hydrogens (primary N) is 1. The van der Waals surface area contributed by atoms with Crippen molar-refractivity contribution in [2.45, 2.75) is 0 Å². The van der Waals surface area contributed by atoms with Gasteiger partial charge >= 0.3 is 0 Å². The Hall–Kier alpha value is -3.09. The molecule has 0 atom stereocenters. The maximum Gasteiger partial charge on any atom is 0.222 e. The predicted octanol–water partition coefficient (Wildman–Crippen LogP) is 2.09. The van der Waals surface area contributed by atoms with Crippen molar-refractivity contribution in [1.29, 1.82) is 0 Å². The van der Waals surface area contributed by atoms with Crippen molar-refractivity contribution in [3.63, 3.8) is 0 Å². The van der Waals surface area contributed by atoms with Crippen LogP contribution in [0.15, 0.2) is 30.6 Å². The zero-order chi connectivity index (χ0) is 14.4. The van der Waals surface area contributed by atoms with Gasteiger partial charge in [0.05, 0.1) is 18.9 Å². The van der Waals surface area contributed by atoms with Crippen molar-refractivity contribution in [2.24, 2.45) is 0 Å². The molecule has 3 heterocycles. The van der Waals surface area contributed by atoms with Gasteiger partial charge in [-0.05, 0) is 18.2 Å². The van der Waals surface area contributed by atoms with E-state index in [-0.39, 0.29) is 5.95 Å². The number of aromatic nitrogens is 5. The number of nitrogens with zero attached hydrogens (tertiary/aromatic N) is 3. The van der Waals surface area contributed by atoms with E-state index in [2.05, 4.69) is 24.9 Å². The molecule has 1 aromatic carbocycles. The second-order valence-corrected chi connectivity index (χ2v) is 4.64. The van der Waals surface area contributed by atoms with Crippen LogP contribution >= 0.6 is 0 Å². The molecule has 0 radical (unpaired) electrons. The highest BCUT2D eigenvalue weighted by atomic mass is 16.5. The number of nitrogens with one attached hydrogen (secondary N) is 2. The highest BCUT2D eigenvalue weighted by Crippen LogP contribution is 2.35. The van der Waals surface area contributed by atoms with Gasteiger partial charge in [-0.15, -0.1) is 0 Å². The van der Waals surface area contributed by atoms with Crippen molar-refractivity contribution in [1.82, 2.24) is 24.9 Å². The third-order valence-electron chi connectivity index (χ3n) is 3.40. The zero-order valence-electron chi connectivity index (χ0n) is 11.2. The minimum atomic E-state index is 0.202. The summed E-state index contributed by atoms with van der Waals surface area (Å²) in [6.45, 7) is 0. The van der Waals surface area contributed by atoms with Crippen LogP contribution in [0.5, 0.6) is 5.75 Å². The molecule has 7 nitrogen and oxygen atoms in total. The number of anilines is 1. The third-order valence-corrected chi connectivity index (χ3v) is 3.40. The Morgan fingerprint density at radius 1 is 1.14 bits per heavy atom. The Morgan fingerprint density at radius 2 is 2.05 bits per heavy atom. The number of aromatic amines is 2. The lowest BCUT2D eigenvalue weighted by Gasteiger charge is -2.07. The standard InChI is InChI=1S/C14H12N6O/c1-21-11-7-4-5-16-9(7)3-2-8(11)12-18-10-6-17-14(15)20-13(10)19-12/h2-6,16H,1H3,(H3,15,17,18,19,20). The van der Waals surface area contributed by atoms with E-state index in [1.165, 1.54) is 0 Å². The smallest absolute Gasteiger partial charge is 0.222 e. The average molecular weight is 280 g/mol. The topological polar surface area (TPSA) is 106 Å². The summed E-state index contributed by atoms with van der Waals surface area (Å²) in [5.74, 6) is 1.63. The van der Waals surface area contributed by atoms with Crippen LogP contribution in [0.2, 0.25) is 0 Å². The van der Waals surface area contributed by atoms with E-state index in [4.69, 9.17) is 10.5 Å². The van der Waals surface area contributed by atoms with Crippen molar-refractivity contribution in [2.75, 3.05) is 12.8 Å². The molecular weight excluding hydrogens is 268 g/mol. The molecular formula is C14H12N6O. The Morgan fingerprint density at radius 3 is 2.90 bits per heavy atom. The molecule has 0 unspecified atom stereocenters. The first kappa shape index (κ1) is 11.7. The summed E-state index contributed by atoms with van der Waals surface area (Å²) in [6.07, 6.45) is 3.50. The molecule has 4 aromatic rings. The SMILES string of the molecule is COc1c(-c2nc3nc(N)ncc3[nH]2)ccc2[nH]ccc12. The minimum absolute atomic E-state index is 0.202. The highest BCUT2D eigenvalue weighted by Gasteiger charge is 2.15. The number of ether oxygens (including phenoxy) is 1. The van der Waals surface area contributed by atoms with Gasteiger partial charge in [-0.25, -0.2) is 9.97 Å². The van der Waals surface area contributed by atoms with Crippen LogP contribution in [0, 0.1) is 0 Å². The molecule has 0 saturated heterocycles. The summed E-state index contributed by atoms with van der Waals surface area (Å²) >= 11 is 0. The second kappa shape index (κ2) is 4.20. The molecule has 0 fully saturated rings. The van der Waals surface area contributed by atoms with Crippen molar-refractivity contribution >= 4 is 28.0 Å². The first-order valence-electron chi connectivity index (χ1n) is 6.39. The predicted molar refractivity (Wildman–Crippen MR) is 79.9 cm³/mol. The van der Waals surface area contributed by atoms with Gasteiger partial charge < -0.3 is 20.4 Å². The molecule has 0 aliphatic heterocycles. The number of imidazole rings is 1. The molecule has 104 valence electrons. The van der Waals surface area contributed by atoms with E-state index in [0.29, 0.717) is 11.5 Å². The Kier molecular flexibility index (Phi) is 2.34. The van der Waals surface area contributed by atoms with Gasteiger partial charge in [0, 0.05) is 17.1 Å². The van der Waals surface area contributed by atoms with Crippen LogP contribution < -0.4 is 10.5 Å². The van der Waals surface area contributed by atoms with E-state index in [1.54, 1.807) is 13.3 Å². The fourth-order valence-corrected chi connectivity index (χ4v) is 2.46. The summed E-state index contributed by atoms with van der Waals surface area (Å²) in [4.78, 5) is 18.9. The van der Waals surface area contributed by atoms with E-state index >= 15 is 0 Å². The molecule has 0 aliphatic carbocycles. The largest absolute Gasteiger partial charge is 0.495 e. The van der Waals surface area contributed by atoms with Gasteiger partial charge in [0.2, 0.25) is 5.95 Å². The summed E-state index contributed by atoms with van der Waals surface area (Å²) in [5, 5.41) is 1.00. The number of nitrogen functional groups attached to an aromatic ring is 1. The van der Waals surface area contributed by atoms with Crippen LogP contribution in [-0.4, -0.2) is 32.0 Å². The second-order valence-electron chi connectivity index (χ2n) is 4.64. The van der Waals surface area contributed by atoms with E-state index < -0.39 is 0 Å². The van der Waals surface area contributed by atoms with Gasteiger partial charge in [0.1, 0.15) is 17.1 Å². The summed E-state index contributed by atoms with van der Waals surface area (Å²) in [6, 6.07) is 5.91. The summed E-state index contributed by atoms with van der Waals surface area (Å²) < 4.78 is 5.55. The molecule has 7 heteroatoms. The molecule has 0 amide bonds. The molecule has 0 saturated carbocycles. The maximum atomic E-state index is 5.58. The molecule has 4 rings (SSSR count). The molecule has 3 aromatic heterocycles. The number of hydrogen-bond donors (Lipinski definition) is 3. The van der Waals surface area contributed by atoms with Crippen LogP contribution in [0.1, 0.15) is 0 Å². The van der Waals surface area contributed by atoms with Gasteiger partial charge in [-0.2, -0.15) is 4.98 Å². The minimum Gasteiger partial charge on any atom is -0.495 e. The summed E-state index contributed by atoms with van der Waals surface area (Å²) in [7, 11) is 1.64. The summed E-state index contributed by atoms with van der Waals surface area (Å²) in [5.41, 5.74) is 8.72. The quantitative estimate of drug-likeness (QED) is 0.521. The van der Waals surface area contributed by atoms with Crippen LogP contribution in [0.3, 0.4) is 0 Å². The fraction of sp³-hybridized carbons (Fsp3) is 0.0714. The van der Waals surface area contributed by atoms with Gasteiger partial charge in [0.25, 0.3) is 0 Å².